The Bertz CT molecular complexity index is 373. The lowest BCUT2D eigenvalue weighted by Crippen LogP contribution is -2.35. The van der Waals surface area contributed by atoms with Crippen LogP contribution in [0.25, 0.3) is 0 Å². The molecule has 0 saturated heterocycles. The van der Waals surface area contributed by atoms with Gasteiger partial charge in [-0.05, 0) is 25.7 Å². The average Bonchev–Trinajstić information content (AvgIpc) is 2.65. The fourth-order valence-corrected chi connectivity index (χ4v) is 3.21. The number of carboxylic acid groups (broad SMARTS) is 1. The van der Waals surface area contributed by atoms with E-state index >= 15 is 0 Å². The number of nitrogens with two attached hydrogens (primary N) is 1. The maximum Gasteiger partial charge on any atom is 0.323 e. The molecule has 3 N–H and O–H groups in total. The third kappa shape index (κ3) is 16.8. The summed E-state index contributed by atoms with van der Waals surface area (Å²) >= 11 is 0. The highest BCUT2D eigenvalue weighted by Gasteiger charge is 2.20. The van der Waals surface area contributed by atoms with Crippen LogP contribution in [0, 0.1) is 0 Å². The molecule has 0 fully saturated rings. The Morgan fingerprint density at radius 1 is 0.815 bits per heavy atom. The molecule has 0 heterocycles. The molecule has 1 unspecified atom stereocenters. The van der Waals surface area contributed by atoms with Crippen LogP contribution >= 0.6 is 0 Å². The van der Waals surface area contributed by atoms with Gasteiger partial charge in [0.15, 0.2) is 0 Å². The number of carbonyl (C=O) groups is 2. The maximum absolute atomic E-state index is 11.9. The summed E-state index contributed by atoms with van der Waals surface area (Å²) < 4.78 is 5.44. The fraction of sp³-hybridized carbons (Fsp3) is 0.909. The number of carbonyl (C=O) groups excluding carboxylic acids is 1. The lowest BCUT2D eigenvalue weighted by atomic mass is 10.0. The molecule has 0 amide bonds. The number of unbranched alkanes of at least 4 members (excludes halogenated alkanes) is 11. The zero-order valence-electron chi connectivity index (χ0n) is 17.7. The van der Waals surface area contributed by atoms with Gasteiger partial charge in [0.2, 0.25) is 0 Å². The summed E-state index contributed by atoms with van der Waals surface area (Å²) in [7, 11) is 0. The van der Waals surface area contributed by atoms with Crippen LogP contribution in [0.4, 0.5) is 0 Å². The number of hydrogen-bond donors (Lipinski definition) is 2. The molecule has 5 nitrogen and oxygen atoms in total. The van der Waals surface area contributed by atoms with Crippen LogP contribution in [0.1, 0.15) is 117 Å². The predicted octanol–water partition coefficient (Wildman–Crippen LogP) is 5.59. The average molecular weight is 386 g/mol. The summed E-state index contributed by atoms with van der Waals surface area (Å²) in [4.78, 5) is 22.4. The summed E-state index contributed by atoms with van der Waals surface area (Å²) in [5.41, 5.74) is 5.70. The monoisotopic (exact) mass is 385 g/mol. The highest BCUT2D eigenvalue weighted by molar-refractivity contribution is 5.76. The smallest absolute Gasteiger partial charge is 0.323 e. The number of hydrogen-bond acceptors (Lipinski definition) is 4. The molecule has 0 aliphatic heterocycles. The molecule has 0 aromatic rings. The number of carboxylic acids is 1. The minimum absolute atomic E-state index is 0.100. The molecular weight excluding hydrogens is 342 g/mol. The van der Waals surface area contributed by atoms with Gasteiger partial charge in [-0.3, -0.25) is 9.59 Å². The van der Waals surface area contributed by atoms with Gasteiger partial charge in [0.05, 0.1) is 0 Å². The highest BCUT2D eigenvalue weighted by Crippen LogP contribution is 2.15. The van der Waals surface area contributed by atoms with Crippen molar-refractivity contribution in [1.82, 2.24) is 0 Å². The Kier molecular flexibility index (Phi) is 17.5. The quantitative estimate of drug-likeness (QED) is 0.223. The number of aliphatic carboxylic acids is 1. The van der Waals surface area contributed by atoms with E-state index in [0.717, 1.165) is 19.3 Å². The van der Waals surface area contributed by atoms with E-state index < -0.39 is 18.0 Å². The Morgan fingerprint density at radius 3 is 1.74 bits per heavy atom. The van der Waals surface area contributed by atoms with Crippen molar-refractivity contribution in [2.45, 2.75) is 129 Å². The van der Waals surface area contributed by atoms with Crippen LogP contribution in [0.3, 0.4) is 0 Å². The molecule has 27 heavy (non-hydrogen) atoms. The van der Waals surface area contributed by atoms with E-state index in [-0.39, 0.29) is 18.9 Å². The Hall–Kier alpha value is -1.10. The third-order valence-electron chi connectivity index (χ3n) is 5.09. The van der Waals surface area contributed by atoms with Gasteiger partial charge >= 0.3 is 11.9 Å². The van der Waals surface area contributed by atoms with Gasteiger partial charge in [-0.2, -0.15) is 0 Å². The van der Waals surface area contributed by atoms with Crippen molar-refractivity contribution in [1.29, 1.82) is 0 Å². The predicted molar refractivity (Wildman–Crippen MR) is 111 cm³/mol. The largest absolute Gasteiger partial charge is 0.481 e. The Balaban J connectivity index is 3.60. The van der Waals surface area contributed by atoms with Gasteiger partial charge < -0.3 is 15.6 Å². The zero-order chi connectivity index (χ0) is 20.3. The minimum atomic E-state index is -0.943. The molecule has 0 bridgehead atoms. The SMILES string of the molecule is CCCCCCCCCCCCCCC(CC)OC(=O)[C@@H](N)CCC(=O)O. The first-order chi connectivity index (χ1) is 13.0. The van der Waals surface area contributed by atoms with E-state index in [1.165, 1.54) is 70.6 Å². The number of ether oxygens (including phenoxy) is 1. The molecule has 0 radical (unpaired) electrons. The van der Waals surface area contributed by atoms with Gasteiger partial charge in [0.1, 0.15) is 12.1 Å². The standard InChI is InChI=1S/C22H43NO4/c1-3-5-6-7-8-9-10-11-12-13-14-15-16-19(4-2)27-22(26)20(23)17-18-21(24)25/h19-20H,3-18,23H2,1-2H3,(H,24,25)/t19?,20-/m0/s1. The van der Waals surface area contributed by atoms with Crippen molar-refractivity contribution in [3.05, 3.63) is 0 Å². The maximum atomic E-state index is 11.9. The van der Waals surface area contributed by atoms with Crippen LogP contribution in [-0.2, 0) is 14.3 Å². The third-order valence-corrected chi connectivity index (χ3v) is 5.09. The van der Waals surface area contributed by atoms with Gasteiger partial charge in [-0.1, -0.05) is 84.5 Å². The molecule has 0 rings (SSSR count). The molecule has 0 aromatic heterocycles. The van der Waals surface area contributed by atoms with Crippen molar-refractivity contribution in [3.8, 4) is 0 Å². The first-order valence-electron chi connectivity index (χ1n) is 11.2. The molecular formula is C22H43NO4. The fourth-order valence-electron chi connectivity index (χ4n) is 3.21. The first kappa shape index (κ1) is 25.9. The van der Waals surface area contributed by atoms with E-state index in [1.807, 2.05) is 6.92 Å². The molecule has 0 spiro atoms. The highest BCUT2D eigenvalue weighted by atomic mass is 16.5. The zero-order valence-corrected chi connectivity index (χ0v) is 17.7. The van der Waals surface area contributed by atoms with Gasteiger partial charge in [0.25, 0.3) is 0 Å². The van der Waals surface area contributed by atoms with E-state index in [1.54, 1.807) is 0 Å². The molecule has 0 aliphatic carbocycles. The second-order valence-electron chi connectivity index (χ2n) is 7.68. The topological polar surface area (TPSA) is 89.6 Å². The van der Waals surface area contributed by atoms with Gasteiger partial charge in [-0.15, -0.1) is 0 Å². The Morgan fingerprint density at radius 2 is 1.30 bits per heavy atom. The number of esters is 1. The van der Waals surface area contributed by atoms with Crippen LogP contribution in [-0.4, -0.2) is 29.2 Å². The molecule has 0 saturated carbocycles. The van der Waals surface area contributed by atoms with Crippen molar-refractivity contribution >= 4 is 11.9 Å². The van der Waals surface area contributed by atoms with Crippen molar-refractivity contribution < 1.29 is 19.4 Å². The van der Waals surface area contributed by atoms with Crippen molar-refractivity contribution in [2.75, 3.05) is 0 Å². The van der Waals surface area contributed by atoms with Crippen LogP contribution in [0.5, 0.6) is 0 Å². The second-order valence-corrected chi connectivity index (χ2v) is 7.68. The normalized spacial score (nSPS) is 13.3. The lowest BCUT2D eigenvalue weighted by Gasteiger charge is -2.18. The van der Waals surface area contributed by atoms with E-state index in [2.05, 4.69) is 6.92 Å². The molecule has 160 valence electrons. The molecule has 5 heteroatoms. The van der Waals surface area contributed by atoms with Crippen molar-refractivity contribution in [3.63, 3.8) is 0 Å². The van der Waals surface area contributed by atoms with Crippen molar-refractivity contribution in [2.24, 2.45) is 5.73 Å². The lowest BCUT2D eigenvalue weighted by molar-refractivity contribution is -0.151. The Labute approximate surface area is 166 Å². The van der Waals surface area contributed by atoms with Gasteiger partial charge in [-0.25, -0.2) is 0 Å². The summed E-state index contributed by atoms with van der Waals surface area (Å²) in [5.74, 6) is -1.41. The summed E-state index contributed by atoms with van der Waals surface area (Å²) in [6, 6.07) is -0.836. The van der Waals surface area contributed by atoms with Crippen LogP contribution in [0.2, 0.25) is 0 Å². The first-order valence-corrected chi connectivity index (χ1v) is 11.2. The second kappa shape index (κ2) is 18.3. The minimum Gasteiger partial charge on any atom is -0.481 e. The molecule has 2 atom stereocenters. The molecule has 0 aromatic carbocycles. The van der Waals surface area contributed by atoms with E-state index in [4.69, 9.17) is 15.6 Å². The van der Waals surface area contributed by atoms with Crippen LogP contribution in [0.15, 0.2) is 0 Å². The van der Waals surface area contributed by atoms with E-state index in [0.29, 0.717) is 0 Å². The summed E-state index contributed by atoms with van der Waals surface area (Å²) in [6.45, 7) is 4.26. The van der Waals surface area contributed by atoms with E-state index in [9.17, 15) is 9.59 Å². The number of rotatable bonds is 19. The van der Waals surface area contributed by atoms with Crippen LogP contribution < -0.4 is 5.73 Å². The van der Waals surface area contributed by atoms with Gasteiger partial charge in [0, 0.05) is 6.42 Å². The summed E-state index contributed by atoms with van der Waals surface area (Å²) in [5, 5.41) is 8.64. The summed E-state index contributed by atoms with van der Waals surface area (Å²) in [6.07, 6.45) is 17.3. The molecule has 0 aliphatic rings.